The summed E-state index contributed by atoms with van der Waals surface area (Å²) in [6, 6.07) is 14.7. The Morgan fingerprint density at radius 2 is 1.94 bits per heavy atom. The SMILES string of the molecule is CCOC(=O)C1=C(C)N=c2s/c(=C\c3ccc(C)c(OC)c3)c(=O)n2[C@@H]1c1ccccc1. The van der Waals surface area contributed by atoms with E-state index in [0.717, 1.165) is 22.4 Å². The zero-order chi connectivity index (χ0) is 22.8. The first-order chi connectivity index (χ1) is 15.4. The zero-order valence-corrected chi connectivity index (χ0v) is 19.2. The molecule has 0 saturated carbocycles. The highest BCUT2D eigenvalue weighted by molar-refractivity contribution is 7.07. The molecule has 4 rings (SSSR count). The molecule has 6 nitrogen and oxygen atoms in total. The van der Waals surface area contributed by atoms with Crippen molar-refractivity contribution in [1.29, 1.82) is 0 Å². The van der Waals surface area contributed by atoms with Gasteiger partial charge in [-0.15, -0.1) is 0 Å². The molecule has 1 atom stereocenters. The topological polar surface area (TPSA) is 69.9 Å². The Morgan fingerprint density at radius 3 is 2.62 bits per heavy atom. The molecule has 2 heterocycles. The minimum absolute atomic E-state index is 0.198. The summed E-state index contributed by atoms with van der Waals surface area (Å²) in [5, 5.41) is 0. The van der Waals surface area contributed by atoms with E-state index in [2.05, 4.69) is 4.99 Å². The van der Waals surface area contributed by atoms with Crippen LogP contribution in [0.5, 0.6) is 5.75 Å². The van der Waals surface area contributed by atoms with Crippen LogP contribution < -0.4 is 19.6 Å². The predicted molar refractivity (Wildman–Crippen MR) is 125 cm³/mol. The Kier molecular flexibility index (Phi) is 6.10. The third kappa shape index (κ3) is 3.91. The van der Waals surface area contributed by atoms with Crippen molar-refractivity contribution in [3.63, 3.8) is 0 Å². The normalized spacial score (nSPS) is 15.9. The molecule has 0 saturated heterocycles. The third-order valence-electron chi connectivity index (χ3n) is 5.36. The van der Waals surface area contributed by atoms with Gasteiger partial charge in [0.05, 0.1) is 35.6 Å². The van der Waals surface area contributed by atoms with Crippen LogP contribution in [0.15, 0.2) is 69.6 Å². The number of methoxy groups -OCH3 is 1. The van der Waals surface area contributed by atoms with Crippen LogP contribution in [0.25, 0.3) is 6.08 Å². The maximum atomic E-state index is 13.5. The first-order valence-corrected chi connectivity index (χ1v) is 11.2. The number of hydrogen-bond donors (Lipinski definition) is 0. The van der Waals surface area contributed by atoms with E-state index in [0.29, 0.717) is 20.6 Å². The van der Waals surface area contributed by atoms with Crippen molar-refractivity contribution in [2.24, 2.45) is 4.99 Å². The summed E-state index contributed by atoms with van der Waals surface area (Å²) >= 11 is 1.30. The quantitative estimate of drug-likeness (QED) is 0.563. The number of carbonyl (C=O) groups excluding carboxylic acids is 1. The maximum Gasteiger partial charge on any atom is 0.338 e. The van der Waals surface area contributed by atoms with Crippen molar-refractivity contribution in [3.8, 4) is 5.75 Å². The molecule has 164 valence electrons. The molecule has 7 heteroatoms. The molecule has 0 radical (unpaired) electrons. The van der Waals surface area contributed by atoms with Gasteiger partial charge in [-0.1, -0.05) is 53.8 Å². The van der Waals surface area contributed by atoms with E-state index in [4.69, 9.17) is 9.47 Å². The fraction of sp³-hybridized carbons (Fsp3) is 0.240. The summed E-state index contributed by atoms with van der Waals surface area (Å²) in [7, 11) is 1.62. The van der Waals surface area contributed by atoms with Crippen molar-refractivity contribution in [2.45, 2.75) is 26.8 Å². The second-order valence-corrected chi connectivity index (χ2v) is 8.45. The molecule has 1 aliphatic rings. The van der Waals surface area contributed by atoms with Gasteiger partial charge >= 0.3 is 5.97 Å². The van der Waals surface area contributed by atoms with Gasteiger partial charge in [0.2, 0.25) is 0 Å². The summed E-state index contributed by atoms with van der Waals surface area (Å²) in [6.07, 6.45) is 1.83. The Hall–Kier alpha value is -3.45. The molecule has 1 aliphatic heterocycles. The van der Waals surface area contributed by atoms with Gasteiger partial charge in [-0.3, -0.25) is 9.36 Å². The first kappa shape index (κ1) is 21.8. The largest absolute Gasteiger partial charge is 0.496 e. The summed E-state index contributed by atoms with van der Waals surface area (Å²) in [5.41, 5.74) is 3.45. The molecule has 0 amide bonds. The van der Waals surface area contributed by atoms with Gasteiger partial charge in [0.1, 0.15) is 5.75 Å². The number of fused-ring (bicyclic) bond motifs is 1. The van der Waals surface area contributed by atoms with Crippen LogP contribution in [0.4, 0.5) is 0 Å². The molecule has 1 aromatic heterocycles. The lowest BCUT2D eigenvalue weighted by atomic mass is 9.96. The van der Waals surface area contributed by atoms with E-state index in [1.807, 2.05) is 61.5 Å². The zero-order valence-electron chi connectivity index (χ0n) is 18.4. The summed E-state index contributed by atoms with van der Waals surface area (Å²) in [5.74, 6) is 0.300. The lowest BCUT2D eigenvalue weighted by molar-refractivity contribution is -0.139. The molecular weight excluding hydrogens is 424 g/mol. The second kappa shape index (κ2) is 8.96. The first-order valence-electron chi connectivity index (χ1n) is 10.3. The van der Waals surface area contributed by atoms with E-state index in [1.54, 1.807) is 25.5 Å². The smallest absolute Gasteiger partial charge is 0.338 e. The average molecular weight is 449 g/mol. The third-order valence-corrected chi connectivity index (χ3v) is 6.35. The standard InChI is InChI=1S/C25H24N2O4S/c1-5-31-24(29)21-16(3)26-25-27(22(21)18-9-7-6-8-10-18)23(28)20(32-25)14-17-12-11-15(2)19(13-17)30-4/h6-14,22H,5H2,1-4H3/b20-14-/t22-/m1/s1. The number of aromatic nitrogens is 1. The van der Waals surface area contributed by atoms with E-state index in [-0.39, 0.29) is 12.2 Å². The number of allylic oxidation sites excluding steroid dienone is 1. The average Bonchev–Trinajstić information content (AvgIpc) is 3.09. The Morgan fingerprint density at radius 1 is 1.19 bits per heavy atom. The van der Waals surface area contributed by atoms with Crippen molar-refractivity contribution < 1.29 is 14.3 Å². The van der Waals surface area contributed by atoms with E-state index < -0.39 is 12.0 Å². The fourth-order valence-electron chi connectivity index (χ4n) is 3.82. The van der Waals surface area contributed by atoms with Crippen LogP contribution in [0.1, 0.15) is 36.6 Å². The molecule has 2 aromatic carbocycles. The molecule has 32 heavy (non-hydrogen) atoms. The molecule has 0 spiro atoms. The molecular formula is C25H24N2O4S. The number of carbonyl (C=O) groups is 1. The molecule has 0 aliphatic carbocycles. The predicted octanol–water partition coefficient (Wildman–Crippen LogP) is 3.12. The van der Waals surface area contributed by atoms with Crippen LogP contribution in [0.3, 0.4) is 0 Å². The lowest BCUT2D eigenvalue weighted by Gasteiger charge is -2.24. The van der Waals surface area contributed by atoms with Crippen LogP contribution in [-0.2, 0) is 9.53 Å². The van der Waals surface area contributed by atoms with Gasteiger partial charge in [0.15, 0.2) is 4.80 Å². The number of nitrogens with zero attached hydrogens (tertiary/aromatic N) is 2. The van der Waals surface area contributed by atoms with Gasteiger partial charge in [-0.25, -0.2) is 9.79 Å². The second-order valence-electron chi connectivity index (χ2n) is 7.44. The van der Waals surface area contributed by atoms with Gasteiger partial charge in [-0.05, 0) is 49.6 Å². The number of benzene rings is 2. The summed E-state index contributed by atoms with van der Waals surface area (Å²) in [4.78, 5) is 31.5. The van der Waals surface area contributed by atoms with Crippen LogP contribution in [0.2, 0.25) is 0 Å². The van der Waals surface area contributed by atoms with E-state index in [1.165, 1.54) is 11.3 Å². The van der Waals surface area contributed by atoms with Crippen molar-refractivity contribution in [1.82, 2.24) is 4.57 Å². The lowest BCUT2D eigenvalue weighted by Crippen LogP contribution is -2.39. The van der Waals surface area contributed by atoms with E-state index >= 15 is 0 Å². The van der Waals surface area contributed by atoms with Gasteiger partial charge in [-0.2, -0.15) is 0 Å². The Labute approximate surface area is 189 Å². The van der Waals surface area contributed by atoms with Crippen molar-refractivity contribution >= 4 is 23.4 Å². The number of thiazole rings is 1. The highest BCUT2D eigenvalue weighted by Gasteiger charge is 2.33. The Balaban J connectivity index is 1.93. The monoisotopic (exact) mass is 448 g/mol. The van der Waals surface area contributed by atoms with Crippen LogP contribution >= 0.6 is 11.3 Å². The summed E-state index contributed by atoms with van der Waals surface area (Å²) in [6.45, 7) is 5.76. The molecule has 0 N–H and O–H groups in total. The minimum Gasteiger partial charge on any atom is -0.496 e. The number of rotatable bonds is 5. The van der Waals surface area contributed by atoms with Crippen LogP contribution in [0, 0.1) is 6.92 Å². The molecule has 0 fully saturated rings. The molecule has 3 aromatic rings. The molecule has 0 bridgehead atoms. The highest BCUT2D eigenvalue weighted by atomic mass is 32.1. The number of esters is 1. The van der Waals surface area contributed by atoms with Gasteiger partial charge < -0.3 is 9.47 Å². The highest BCUT2D eigenvalue weighted by Crippen LogP contribution is 2.30. The Bertz CT molecular complexity index is 1380. The van der Waals surface area contributed by atoms with Crippen molar-refractivity contribution in [2.75, 3.05) is 13.7 Å². The van der Waals surface area contributed by atoms with Crippen molar-refractivity contribution in [3.05, 3.63) is 96.2 Å². The molecule has 0 unspecified atom stereocenters. The minimum atomic E-state index is -0.596. The van der Waals surface area contributed by atoms with Gasteiger partial charge in [0.25, 0.3) is 5.56 Å². The maximum absolute atomic E-state index is 13.5. The number of ether oxygens (including phenoxy) is 2. The van der Waals surface area contributed by atoms with Gasteiger partial charge in [0, 0.05) is 0 Å². The van der Waals surface area contributed by atoms with Crippen LogP contribution in [-0.4, -0.2) is 24.3 Å². The fourth-order valence-corrected chi connectivity index (χ4v) is 4.87. The number of hydrogen-bond acceptors (Lipinski definition) is 6. The van der Waals surface area contributed by atoms with E-state index in [9.17, 15) is 9.59 Å². The number of aryl methyl sites for hydroxylation is 1. The summed E-state index contributed by atoms with van der Waals surface area (Å²) < 4.78 is 12.8.